The Morgan fingerprint density at radius 2 is 1.65 bits per heavy atom. The van der Waals surface area contributed by atoms with Crippen LogP contribution in [0.1, 0.15) is 20.8 Å². The average molecular weight is 311 g/mol. The van der Waals surface area contributed by atoms with E-state index in [1.165, 1.54) is 13.8 Å². The van der Waals surface area contributed by atoms with Gasteiger partial charge >= 0.3 is 11.9 Å². The Balaban J connectivity index is 2.86. The first-order valence-electron chi connectivity index (χ1n) is 5.15. The van der Waals surface area contributed by atoms with Gasteiger partial charge in [-0.05, 0) is 6.92 Å². The van der Waals surface area contributed by atoms with E-state index in [2.05, 4.69) is 15.9 Å². The molecule has 1 aliphatic rings. The number of hydrogen-bond donors (Lipinski definition) is 1. The van der Waals surface area contributed by atoms with Gasteiger partial charge in [0.15, 0.2) is 18.5 Å². The van der Waals surface area contributed by atoms with E-state index in [1.807, 2.05) is 0 Å². The minimum atomic E-state index is -1.12. The van der Waals surface area contributed by atoms with Gasteiger partial charge in [0.05, 0.1) is 6.10 Å². The molecule has 98 valence electrons. The average Bonchev–Trinajstić information content (AvgIpc) is 2.19. The molecule has 0 aromatic heterocycles. The van der Waals surface area contributed by atoms with E-state index in [4.69, 9.17) is 14.2 Å². The highest BCUT2D eigenvalue weighted by atomic mass is 79.9. The molecule has 0 spiro atoms. The third-order valence-electron chi connectivity index (χ3n) is 2.33. The standard InChI is InChI=1S/C10H15BrO6/c1-4-8(16-5(2)12)9(17-6(3)13)7(11)10(14)15-4/h4,7-10,14H,1-3H3/t4-,7?,8-,9-,10?/m0/s1. The number of aliphatic hydroxyl groups is 1. The van der Waals surface area contributed by atoms with Crippen molar-refractivity contribution in [1.29, 1.82) is 0 Å². The quantitative estimate of drug-likeness (QED) is 0.585. The fourth-order valence-electron chi connectivity index (χ4n) is 1.66. The molecule has 1 heterocycles. The Morgan fingerprint density at radius 1 is 1.18 bits per heavy atom. The second-order valence-corrected chi connectivity index (χ2v) is 4.88. The molecule has 1 saturated heterocycles. The molecule has 0 aromatic carbocycles. The van der Waals surface area contributed by atoms with Crippen molar-refractivity contribution in [3.63, 3.8) is 0 Å². The van der Waals surface area contributed by atoms with Crippen molar-refractivity contribution >= 4 is 27.9 Å². The number of hydrogen-bond acceptors (Lipinski definition) is 6. The van der Waals surface area contributed by atoms with Gasteiger partial charge in [-0.25, -0.2) is 0 Å². The molecule has 1 rings (SSSR count). The summed E-state index contributed by atoms with van der Waals surface area (Å²) in [4.78, 5) is 21.3. The van der Waals surface area contributed by atoms with Crippen molar-refractivity contribution < 1.29 is 28.9 Å². The minimum absolute atomic E-state index is 0.501. The second-order valence-electron chi connectivity index (χ2n) is 3.82. The number of carbonyl (C=O) groups is 2. The Labute approximate surface area is 107 Å². The molecule has 1 N–H and O–H groups in total. The van der Waals surface area contributed by atoms with Crippen LogP contribution in [0.4, 0.5) is 0 Å². The Morgan fingerprint density at radius 3 is 2.12 bits per heavy atom. The summed E-state index contributed by atoms with van der Waals surface area (Å²) in [6.45, 7) is 4.13. The lowest BCUT2D eigenvalue weighted by Crippen LogP contribution is -2.57. The van der Waals surface area contributed by atoms with Crippen molar-refractivity contribution in [1.82, 2.24) is 0 Å². The number of halogens is 1. The Kier molecular flexibility index (Phi) is 4.91. The highest BCUT2D eigenvalue weighted by Gasteiger charge is 2.46. The SMILES string of the molecule is CC(=O)O[C@H]1[C@H](C)OC(O)C(Br)[C@@H]1OC(C)=O. The fourth-order valence-corrected chi connectivity index (χ4v) is 2.19. The zero-order chi connectivity index (χ0) is 13.2. The summed E-state index contributed by atoms with van der Waals surface area (Å²) >= 11 is 3.16. The predicted octanol–water partition coefficient (Wildman–Crippen LogP) is 0.350. The van der Waals surface area contributed by atoms with E-state index in [0.717, 1.165) is 0 Å². The van der Waals surface area contributed by atoms with Crippen LogP contribution >= 0.6 is 15.9 Å². The molecule has 1 fully saturated rings. The van der Waals surface area contributed by atoms with Crippen molar-refractivity contribution in [3.05, 3.63) is 0 Å². The Bertz CT molecular complexity index is 307. The molecule has 0 aromatic rings. The van der Waals surface area contributed by atoms with Gasteiger partial charge in [0.25, 0.3) is 0 Å². The van der Waals surface area contributed by atoms with Gasteiger partial charge in [0.2, 0.25) is 0 Å². The summed E-state index contributed by atoms with van der Waals surface area (Å²) in [5, 5.41) is 9.58. The van der Waals surface area contributed by atoms with Gasteiger partial charge in [-0.2, -0.15) is 0 Å². The zero-order valence-corrected chi connectivity index (χ0v) is 11.3. The monoisotopic (exact) mass is 310 g/mol. The van der Waals surface area contributed by atoms with Crippen LogP contribution in [0.3, 0.4) is 0 Å². The molecule has 1 aliphatic heterocycles. The van der Waals surface area contributed by atoms with E-state index in [0.29, 0.717) is 0 Å². The van der Waals surface area contributed by atoms with Crippen LogP contribution in [-0.2, 0) is 23.8 Å². The third kappa shape index (κ3) is 3.65. The van der Waals surface area contributed by atoms with Crippen LogP contribution in [-0.4, -0.2) is 46.5 Å². The molecule has 7 heteroatoms. The van der Waals surface area contributed by atoms with Crippen LogP contribution < -0.4 is 0 Å². The highest BCUT2D eigenvalue weighted by molar-refractivity contribution is 9.09. The summed E-state index contributed by atoms with van der Waals surface area (Å²) in [6, 6.07) is 0. The van der Waals surface area contributed by atoms with Crippen LogP contribution in [0.5, 0.6) is 0 Å². The van der Waals surface area contributed by atoms with Gasteiger partial charge in [0.1, 0.15) is 4.83 Å². The lowest BCUT2D eigenvalue weighted by atomic mass is 10.0. The van der Waals surface area contributed by atoms with Crippen molar-refractivity contribution in [2.24, 2.45) is 0 Å². The summed E-state index contributed by atoms with van der Waals surface area (Å²) in [6.07, 6.45) is -3.22. The maximum absolute atomic E-state index is 11.0. The molecule has 0 aliphatic carbocycles. The molecule has 0 amide bonds. The van der Waals surface area contributed by atoms with Crippen LogP contribution in [0.2, 0.25) is 0 Å². The van der Waals surface area contributed by atoms with Crippen molar-refractivity contribution in [2.45, 2.75) is 50.2 Å². The Hall–Kier alpha value is -0.660. The minimum Gasteiger partial charge on any atom is -0.457 e. The maximum Gasteiger partial charge on any atom is 0.303 e. The highest BCUT2D eigenvalue weighted by Crippen LogP contribution is 2.29. The normalized spacial score (nSPS) is 37.4. The molecule has 0 saturated carbocycles. The largest absolute Gasteiger partial charge is 0.457 e. The second kappa shape index (κ2) is 5.79. The van der Waals surface area contributed by atoms with Crippen LogP contribution in [0.25, 0.3) is 0 Å². The molecular weight excluding hydrogens is 296 g/mol. The summed E-state index contributed by atoms with van der Waals surface area (Å²) < 4.78 is 15.3. The molecule has 0 bridgehead atoms. The van der Waals surface area contributed by atoms with Crippen LogP contribution in [0, 0.1) is 0 Å². The number of rotatable bonds is 2. The lowest BCUT2D eigenvalue weighted by molar-refractivity contribution is -0.236. The number of alkyl halides is 1. The van der Waals surface area contributed by atoms with E-state index in [1.54, 1.807) is 6.92 Å². The van der Waals surface area contributed by atoms with Crippen molar-refractivity contribution in [2.75, 3.05) is 0 Å². The number of ether oxygens (including phenoxy) is 3. The zero-order valence-electron chi connectivity index (χ0n) is 9.75. The first kappa shape index (κ1) is 14.4. The topological polar surface area (TPSA) is 82.1 Å². The summed E-state index contributed by atoms with van der Waals surface area (Å²) in [5.74, 6) is -1.02. The summed E-state index contributed by atoms with van der Waals surface area (Å²) in [7, 11) is 0. The first-order valence-corrected chi connectivity index (χ1v) is 6.06. The molecule has 17 heavy (non-hydrogen) atoms. The van der Waals surface area contributed by atoms with Gasteiger partial charge < -0.3 is 19.3 Å². The number of esters is 2. The fraction of sp³-hybridized carbons (Fsp3) is 0.800. The number of aliphatic hydroxyl groups excluding tert-OH is 1. The lowest BCUT2D eigenvalue weighted by Gasteiger charge is -2.40. The summed E-state index contributed by atoms with van der Waals surface area (Å²) in [5.41, 5.74) is 0. The van der Waals surface area contributed by atoms with E-state index < -0.39 is 41.4 Å². The predicted molar refractivity (Wildman–Crippen MR) is 60.4 cm³/mol. The van der Waals surface area contributed by atoms with E-state index in [9.17, 15) is 14.7 Å². The maximum atomic E-state index is 11.0. The van der Waals surface area contributed by atoms with Crippen molar-refractivity contribution in [3.8, 4) is 0 Å². The van der Waals surface area contributed by atoms with Gasteiger partial charge in [-0.3, -0.25) is 9.59 Å². The van der Waals surface area contributed by atoms with Gasteiger partial charge in [0, 0.05) is 13.8 Å². The third-order valence-corrected chi connectivity index (χ3v) is 3.30. The van der Waals surface area contributed by atoms with E-state index >= 15 is 0 Å². The molecule has 2 unspecified atom stereocenters. The first-order chi connectivity index (χ1) is 7.82. The molecular formula is C10H15BrO6. The molecule has 5 atom stereocenters. The van der Waals surface area contributed by atoms with E-state index in [-0.39, 0.29) is 0 Å². The molecule has 0 radical (unpaired) electrons. The van der Waals surface area contributed by atoms with Gasteiger partial charge in [-0.15, -0.1) is 0 Å². The number of carbonyl (C=O) groups excluding carboxylic acids is 2. The molecule has 6 nitrogen and oxygen atoms in total. The smallest absolute Gasteiger partial charge is 0.303 e. The van der Waals surface area contributed by atoms with Crippen LogP contribution in [0.15, 0.2) is 0 Å². The van der Waals surface area contributed by atoms with Gasteiger partial charge in [-0.1, -0.05) is 15.9 Å².